The zero-order valence-electron chi connectivity index (χ0n) is 15.4. The van der Waals surface area contributed by atoms with E-state index in [2.05, 4.69) is 16.4 Å². The molecule has 4 rings (SSSR count). The molecule has 2 heterocycles. The number of methoxy groups -OCH3 is 1. The highest BCUT2D eigenvalue weighted by atomic mass is 32.1. The van der Waals surface area contributed by atoms with Gasteiger partial charge in [0.2, 0.25) is 0 Å². The summed E-state index contributed by atoms with van der Waals surface area (Å²) in [7, 11) is 1.61. The van der Waals surface area contributed by atoms with E-state index in [1.165, 1.54) is 28.2 Å². The highest BCUT2D eigenvalue weighted by Gasteiger charge is 2.13. The second-order valence-electron chi connectivity index (χ2n) is 6.20. The molecule has 0 spiro atoms. The average molecular weight is 411 g/mol. The topological polar surface area (TPSA) is 60.5 Å². The summed E-state index contributed by atoms with van der Waals surface area (Å²) in [6, 6.07) is 15.4. The van der Waals surface area contributed by atoms with Crippen LogP contribution in [0.2, 0.25) is 0 Å². The number of hydrogen-bond donors (Lipinski definition) is 1. The fraction of sp³-hybridized carbons (Fsp3) is 0.143. The number of ether oxygens (including phenoxy) is 2. The molecule has 2 aromatic heterocycles. The third kappa shape index (κ3) is 4.00. The Labute approximate surface area is 170 Å². The Morgan fingerprint density at radius 1 is 1.14 bits per heavy atom. The van der Waals surface area contributed by atoms with E-state index < -0.39 is 0 Å². The lowest BCUT2D eigenvalue weighted by atomic mass is 10.2. The fourth-order valence-electron chi connectivity index (χ4n) is 2.71. The second-order valence-corrected chi connectivity index (χ2v) is 8.14. The van der Waals surface area contributed by atoms with Gasteiger partial charge in [-0.25, -0.2) is 4.98 Å². The number of thiophene rings is 1. The van der Waals surface area contributed by atoms with Crippen LogP contribution < -0.4 is 14.8 Å². The molecule has 0 bridgehead atoms. The molecule has 0 saturated carbocycles. The molecule has 0 aliphatic heterocycles. The fourth-order valence-corrected chi connectivity index (χ4v) is 4.46. The number of hydrogen-bond acceptors (Lipinski definition) is 6. The molecule has 1 amide bonds. The summed E-state index contributed by atoms with van der Waals surface area (Å²) >= 11 is 2.86. The van der Waals surface area contributed by atoms with E-state index in [9.17, 15) is 4.79 Å². The molecule has 142 valence electrons. The molecule has 0 fully saturated rings. The van der Waals surface area contributed by atoms with Crippen molar-refractivity contribution in [2.24, 2.45) is 0 Å². The first kappa shape index (κ1) is 18.5. The van der Waals surface area contributed by atoms with E-state index in [1.807, 2.05) is 54.8 Å². The summed E-state index contributed by atoms with van der Waals surface area (Å²) < 4.78 is 12.2. The number of benzene rings is 2. The van der Waals surface area contributed by atoms with Gasteiger partial charge < -0.3 is 9.47 Å². The number of aryl methyl sites for hydroxylation is 1. The Morgan fingerprint density at radius 2 is 1.96 bits per heavy atom. The largest absolute Gasteiger partial charge is 0.493 e. The SMILES string of the molecule is COc1ccccc1OCc1csc(C(=O)Nc2nc3ccc(C)cc3s2)c1. The van der Waals surface area contributed by atoms with Gasteiger partial charge in [0.25, 0.3) is 5.91 Å². The van der Waals surface area contributed by atoms with Gasteiger partial charge in [-0.1, -0.05) is 29.5 Å². The quantitative estimate of drug-likeness (QED) is 0.456. The van der Waals surface area contributed by atoms with Gasteiger partial charge in [-0.3, -0.25) is 10.1 Å². The molecule has 0 aliphatic rings. The smallest absolute Gasteiger partial charge is 0.267 e. The summed E-state index contributed by atoms with van der Waals surface area (Å²) in [5.41, 5.74) is 3.00. The third-order valence-electron chi connectivity index (χ3n) is 4.11. The molecule has 0 unspecified atom stereocenters. The van der Waals surface area contributed by atoms with Crippen LogP contribution in [0.25, 0.3) is 10.2 Å². The first-order valence-electron chi connectivity index (χ1n) is 8.64. The number of fused-ring (bicyclic) bond motifs is 1. The molecule has 0 aliphatic carbocycles. The Bertz CT molecular complexity index is 1130. The van der Waals surface area contributed by atoms with E-state index in [0.29, 0.717) is 28.1 Å². The van der Waals surface area contributed by atoms with Crippen molar-refractivity contribution < 1.29 is 14.3 Å². The number of anilines is 1. The third-order valence-corrected chi connectivity index (χ3v) is 6.02. The van der Waals surface area contributed by atoms with Crippen LogP contribution in [0.15, 0.2) is 53.9 Å². The zero-order chi connectivity index (χ0) is 19.5. The van der Waals surface area contributed by atoms with Crippen LogP contribution in [0.5, 0.6) is 11.5 Å². The molecule has 4 aromatic rings. The molecular weight excluding hydrogens is 392 g/mol. The summed E-state index contributed by atoms with van der Waals surface area (Å²) in [4.78, 5) is 17.6. The molecule has 2 aromatic carbocycles. The van der Waals surface area contributed by atoms with Crippen molar-refractivity contribution >= 4 is 43.9 Å². The monoisotopic (exact) mass is 410 g/mol. The summed E-state index contributed by atoms with van der Waals surface area (Å²) in [6.07, 6.45) is 0. The van der Waals surface area contributed by atoms with Crippen LogP contribution >= 0.6 is 22.7 Å². The van der Waals surface area contributed by atoms with E-state index in [1.54, 1.807) is 7.11 Å². The number of amides is 1. The predicted molar refractivity (Wildman–Crippen MR) is 114 cm³/mol. The maximum Gasteiger partial charge on any atom is 0.267 e. The first-order valence-corrected chi connectivity index (χ1v) is 10.3. The molecular formula is C21H18N2O3S2. The van der Waals surface area contributed by atoms with Crippen molar-refractivity contribution in [2.45, 2.75) is 13.5 Å². The van der Waals surface area contributed by atoms with Gasteiger partial charge in [-0.05, 0) is 48.2 Å². The lowest BCUT2D eigenvalue weighted by molar-refractivity contribution is 0.103. The number of thiazole rings is 1. The number of aromatic nitrogens is 1. The Kier molecular flexibility index (Phi) is 5.27. The second kappa shape index (κ2) is 8.00. The first-order chi connectivity index (χ1) is 13.6. The van der Waals surface area contributed by atoms with Gasteiger partial charge in [0.15, 0.2) is 16.6 Å². The van der Waals surface area contributed by atoms with Gasteiger partial charge >= 0.3 is 0 Å². The maximum atomic E-state index is 12.6. The van der Waals surface area contributed by atoms with E-state index >= 15 is 0 Å². The number of carbonyl (C=O) groups excluding carboxylic acids is 1. The van der Waals surface area contributed by atoms with Crippen molar-refractivity contribution in [3.63, 3.8) is 0 Å². The van der Waals surface area contributed by atoms with Crippen LogP contribution in [0.4, 0.5) is 5.13 Å². The summed E-state index contributed by atoms with van der Waals surface area (Å²) in [6.45, 7) is 2.41. The van der Waals surface area contributed by atoms with Gasteiger partial charge in [0.05, 0.1) is 22.2 Å². The summed E-state index contributed by atoms with van der Waals surface area (Å²) in [5.74, 6) is 1.19. The molecule has 28 heavy (non-hydrogen) atoms. The van der Waals surface area contributed by atoms with Crippen molar-refractivity contribution in [1.82, 2.24) is 4.98 Å². The molecule has 5 nitrogen and oxygen atoms in total. The lowest BCUT2D eigenvalue weighted by Crippen LogP contribution is -2.09. The molecule has 0 atom stereocenters. The van der Waals surface area contributed by atoms with E-state index in [-0.39, 0.29) is 5.91 Å². The highest BCUT2D eigenvalue weighted by Crippen LogP contribution is 2.29. The minimum Gasteiger partial charge on any atom is -0.493 e. The minimum atomic E-state index is -0.163. The molecule has 1 N–H and O–H groups in total. The number of nitrogens with zero attached hydrogens (tertiary/aromatic N) is 1. The predicted octanol–water partition coefficient (Wildman–Crippen LogP) is 5.51. The molecule has 0 radical (unpaired) electrons. The lowest BCUT2D eigenvalue weighted by Gasteiger charge is -2.09. The van der Waals surface area contributed by atoms with Crippen molar-refractivity contribution in [2.75, 3.05) is 12.4 Å². The zero-order valence-corrected chi connectivity index (χ0v) is 17.0. The standard InChI is InChI=1S/C21H18N2O3S2/c1-13-7-8-15-18(9-13)28-21(22-15)23-20(24)19-10-14(12-27-19)11-26-17-6-4-3-5-16(17)25-2/h3-10,12H,11H2,1-2H3,(H,22,23,24). The van der Waals surface area contributed by atoms with Gasteiger partial charge in [-0.15, -0.1) is 11.3 Å². The van der Waals surface area contributed by atoms with Crippen molar-refractivity contribution in [3.8, 4) is 11.5 Å². The number of para-hydroxylation sites is 2. The Morgan fingerprint density at radius 3 is 2.79 bits per heavy atom. The van der Waals surface area contributed by atoms with Crippen LogP contribution in [0.1, 0.15) is 20.8 Å². The molecule has 7 heteroatoms. The van der Waals surface area contributed by atoms with E-state index in [4.69, 9.17) is 9.47 Å². The van der Waals surface area contributed by atoms with Crippen LogP contribution in [0.3, 0.4) is 0 Å². The van der Waals surface area contributed by atoms with Crippen LogP contribution in [-0.4, -0.2) is 18.0 Å². The van der Waals surface area contributed by atoms with Crippen molar-refractivity contribution in [3.05, 3.63) is 69.9 Å². The average Bonchev–Trinajstić information content (AvgIpc) is 3.32. The Balaban J connectivity index is 1.42. The minimum absolute atomic E-state index is 0.163. The van der Waals surface area contributed by atoms with Gasteiger partial charge in [0.1, 0.15) is 6.61 Å². The number of carbonyl (C=O) groups is 1. The Hall–Kier alpha value is -2.90. The normalized spacial score (nSPS) is 10.8. The molecule has 0 saturated heterocycles. The van der Waals surface area contributed by atoms with E-state index in [0.717, 1.165) is 15.8 Å². The number of nitrogens with one attached hydrogen (secondary N) is 1. The number of rotatable bonds is 6. The maximum absolute atomic E-state index is 12.6. The van der Waals surface area contributed by atoms with Crippen molar-refractivity contribution in [1.29, 1.82) is 0 Å². The van der Waals surface area contributed by atoms with Crippen LogP contribution in [0, 0.1) is 6.92 Å². The van der Waals surface area contributed by atoms with Crippen LogP contribution in [-0.2, 0) is 6.61 Å². The van der Waals surface area contributed by atoms with Gasteiger partial charge in [0, 0.05) is 5.56 Å². The highest BCUT2D eigenvalue weighted by molar-refractivity contribution is 7.22. The summed E-state index contributed by atoms with van der Waals surface area (Å²) in [5, 5.41) is 5.42. The van der Waals surface area contributed by atoms with Gasteiger partial charge in [-0.2, -0.15) is 0 Å².